The van der Waals surface area contributed by atoms with Crippen molar-refractivity contribution in [2.24, 2.45) is 14.1 Å². The maximum absolute atomic E-state index is 11.7. The Morgan fingerprint density at radius 1 is 1.32 bits per heavy atom. The fourth-order valence-corrected chi connectivity index (χ4v) is 1.63. The highest BCUT2D eigenvalue weighted by Crippen LogP contribution is 1.92. The van der Waals surface area contributed by atoms with Gasteiger partial charge in [-0.2, -0.15) is 0 Å². The largest absolute Gasteiger partial charge is 0.355 e. The molecule has 0 saturated heterocycles. The van der Waals surface area contributed by atoms with E-state index in [-0.39, 0.29) is 29.7 Å². The fourth-order valence-electron chi connectivity index (χ4n) is 1.63. The second-order valence-corrected chi connectivity index (χ2v) is 4.37. The number of nitrogens with zero attached hydrogens (tertiary/aromatic N) is 2. The summed E-state index contributed by atoms with van der Waals surface area (Å²) in [7, 11) is 3.02. The van der Waals surface area contributed by atoms with Gasteiger partial charge in [-0.25, -0.2) is 4.79 Å². The molecule has 0 saturated carbocycles. The summed E-state index contributed by atoms with van der Waals surface area (Å²) in [5, 5.41) is 5.67. The van der Waals surface area contributed by atoms with Crippen LogP contribution in [0.5, 0.6) is 0 Å². The van der Waals surface area contributed by atoms with Crippen molar-refractivity contribution in [3.8, 4) is 0 Å². The predicted octanol–water partition coefficient (Wildman–Crippen LogP) is -1.30. The molecule has 1 amide bonds. The molecule has 0 aliphatic heterocycles. The number of aromatic nitrogens is 2. The molecule has 1 heterocycles. The summed E-state index contributed by atoms with van der Waals surface area (Å²) in [6, 6.07) is 0.998. The minimum atomic E-state index is -0.390. The van der Waals surface area contributed by atoms with Crippen molar-refractivity contribution in [1.29, 1.82) is 0 Å². The van der Waals surface area contributed by atoms with Crippen LogP contribution < -0.4 is 21.9 Å². The Bertz CT molecular complexity index is 573. The molecule has 0 radical (unpaired) electrons. The summed E-state index contributed by atoms with van der Waals surface area (Å²) in [5.74, 6) is -0.115. The molecule has 0 fully saturated rings. The first kappa shape index (κ1) is 15.2. The van der Waals surface area contributed by atoms with Crippen LogP contribution in [0.2, 0.25) is 0 Å². The van der Waals surface area contributed by atoms with Gasteiger partial charge in [-0.1, -0.05) is 0 Å². The SMILES string of the molecule is CCNC(=O)C(C)NCc1cc(=O)n(C)c(=O)n1C. The second-order valence-electron chi connectivity index (χ2n) is 4.37. The van der Waals surface area contributed by atoms with Crippen molar-refractivity contribution in [3.63, 3.8) is 0 Å². The van der Waals surface area contributed by atoms with Crippen molar-refractivity contribution >= 4 is 5.91 Å². The van der Waals surface area contributed by atoms with E-state index in [0.29, 0.717) is 12.2 Å². The summed E-state index contributed by atoms with van der Waals surface area (Å²) in [5.41, 5.74) is -0.190. The van der Waals surface area contributed by atoms with Crippen LogP contribution in [-0.2, 0) is 25.4 Å². The third-order valence-electron chi connectivity index (χ3n) is 2.96. The Morgan fingerprint density at radius 2 is 1.95 bits per heavy atom. The molecule has 0 aliphatic carbocycles. The maximum atomic E-state index is 11.7. The highest BCUT2D eigenvalue weighted by molar-refractivity contribution is 5.81. The molecule has 7 nitrogen and oxygen atoms in total. The van der Waals surface area contributed by atoms with Gasteiger partial charge < -0.3 is 10.6 Å². The molecular formula is C12H20N4O3. The van der Waals surface area contributed by atoms with Crippen LogP contribution in [-0.4, -0.2) is 27.6 Å². The number of hydrogen-bond acceptors (Lipinski definition) is 4. The van der Waals surface area contributed by atoms with Gasteiger partial charge in [-0.3, -0.25) is 18.7 Å². The number of nitrogens with one attached hydrogen (secondary N) is 2. The predicted molar refractivity (Wildman–Crippen MR) is 71.9 cm³/mol. The Labute approximate surface area is 111 Å². The van der Waals surface area contributed by atoms with Crippen LogP contribution in [0.4, 0.5) is 0 Å². The van der Waals surface area contributed by atoms with Crippen molar-refractivity contribution in [3.05, 3.63) is 32.6 Å². The minimum Gasteiger partial charge on any atom is -0.355 e. The van der Waals surface area contributed by atoms with E-state index in [1.807, 2.05) is 6.92 Å². The molecule has 1 aromatic heterocycles. The Morgan fingerprint density at radius 3 is 2.53 bits per heavy atom. The second kappa shape index (κ2) is 6.33. The number of carbonyl (C=O) groups excluding carboxylic acids is 1. The monoisotopic (exact) mass is 268 g/mol. The van der Waals surface area contributed by atoms with Crippen LogP contribution in [0.25, 0.3) is 0 Å². The van der Waals surface area contributed by atoms with Gasteiger partial charge in [0.25, 0.3) is 5.56 Å². The summed E-state index contributed by atoms with van der Waals surface area (Å²) in [6.07, 6.45) is 0. The first-order chi connectivity index (χ1) is 8.88. The van der Waals surface area contributed by atoms with Gasteiger partial charge in [0.1, 0.15) is 0 Å². The Hall–Kier alpha value is -1.89. The highest BCUT2D eigenvalue weighted by atomic mass is 16.2. The maximum Gasteiger partial charge on any atom is 0.330 e. The summed E-state index contributed by atoms with van der Waals surface area (Å²) in [6.45, 7) is 4.41. The van der Waals surface area contributed by atoms with Crippen molar-refractivity contribution in [1.82, 2.24) is 19.8 Å². The summed E-state index contributed by atoms with van der Waals surface area (Å²) in [4.78, 5) is 34.8. The van der Waals surface area contributed by atoms with Crippen LogP contribution in [0.3, 0.4) is 0 Å². The van der Waals surface area contributed by atoms with Crippen LogP contribution in [0.15, 0.2) is 15.7 Å². The highest BCUT2D eigenvalue weighted by Gasteiger charge is 2.12. The lowest BCUT2D eigenvalue weighted by atomic mass is 10.3. The lowest BCUT2D eigenvalue weighted by Gasteiger charge is -2.15. The zero-order valence-electron chi connectivity index (χ0n) is 11.7. The fraction of sp³-hybridized carbons (Fsp3) is 0.583. The topological polar surface area (TPSA) is 85.1 Å². The van der Waals surface area contributed by atoms with Gasteiger partial charge in [0.05, 0.1) is 6.04 Å². The minimum absolute atomic E-state index is 0.115. The van der Waals surface area contributed by atoms with Crippen molar-refractivity contribution in [2.45, 2.75) is 26.4 Å². The molecule has 0 spiro atoms. The van der Waals surface area contributed by atoms with E-state index >= 15 is 0 Å². The molecule has 0 bridgehead atoms. The molecule has 1 unspecified atom stereocenters. The van der Waals surface area contributed by atoms with Gasteiger partial charge in [0.2, 0.25) is 5.91 Å². The molecule has 0 aromatic carbocycles. The Balaban J connectivity index is 2.82. The van der Waals surface area contributed by atoms with E-state index in [0.717, 1.165) is 4.57 Å². The van der Waals surface area contributed by atoms with E-state index in [9.17, 15) is 14.4 Å². The van der Waals surface area contributed by atoms with E-state index in [4.69, 9.17) is 0 Å². The lowest BCUT2D eigenvalue weighted by Crippen LogP contribution is -2.44. The quantitative estimate of drug-likeness (QED) is 0.695. The molecule has 0 aliphatic rings. The van der Waals surface area contributed by atoms with Gasteiger partial charge in [-0.05, 0) is 13.8 Å². The standard InChI is InChI=1S/C12H20N4O3/c1-5-13-11(18)8(2)14-7-9-6-10(17)16(4)12(19)15(9)3/h6,8,14H,5,7H2,1-4H3,(H,13,18). The molecule has 2 N–H and O–H groups in total. The molecule has 106 valence electrons. The van der Waals surface area contributed by atoms with Crippen LogP contribution in [0.1, 0.15) is 19.5 Å². The normalized spacial score (nSPS) is 12.2. The number of likely N-dealkylation sites (N-methyl/N-ethyl adjacent to an activating group) is 1. The van der Waals surface area contributed by atoms with Crippen LogP contribution >= 0.6 is 0 Å². The van der Waals surface area contributed by atoms with Crippen molar-refractivity contribution < 1.29 is 4.79 Å². The summed E-state index contributed by atoms with van der Waals surface area (Å²) < 4.78 is 2.43. The number of carbonyl (C=O) groups is 1. The van der Waals surface area contributed by atoms with Crippen molar-refractivity contribution in [2.75, 3.05) is 6.54 Å². The molecule has 1 atom stereocenters. The first-order valence-corrected chi connectivity index (χ1v) is 6.15. The molecule has 1 aromatic rings. The van der Waals surface area contributed by atoms with Crippen LogP contribution in [0, 0.1) is 0 Å². The first-order valence-electron chi connectivity index (χ1n) is 6.15. The van der Waals surface area contributed by atoms with E-state index in [1.165, 1.54) is 17.7 Å². The van der Waals surface area contributed by atoms with Gasteiger partial charge in [0.15, 0.2) is 0 Å². The number of rotatable bonds is 5. The Kier molecular flexibility index (Phi) is 5.05. The smallest absolute Gasteiger partial charge is 0.330 e. The third-order valence-corrected chi connectivity index (χ3v) is 2.96. The molecule has 7 heteroatoms. The van der Waals surface area contributed by atoms with Gasteiger partial charge >= 0.3 is 5.69 Å². The molecule has 19 heavy (non-hydrogen) atoms. The van der Waals surface area contributed by atoms with E-state index in [1.54, 1.807) is 14.0 Å². The number of amides is 1. The number of hydrogen-bond donors (Lipinski definition) is 2. The molecular weight excluding hydrogens is 248 g/mol. The summed E-state index contributed by atoms with van der Waals surface area (Å²) >= 11 is 0. The van der Waals surface area contributed by atoms with Gasteiger partial charge in [0, 0.05) is 38.9 Å². The zero-order chi connectivity index (χ0) is 14.6. The average Bonchev–Trinajstić information content (AvgIpc) is 2.38. The van der Waals surface area contributed by atoms with E-state index in [2.05, 4.69) is 10.6 Å². The lowest BCUT2D eigenvalue weighted by molar-refractivity contribution is -0.122. The van der Waals surface area contributed by atoms with E-state index < -0.39 is 0 Å². The van der Waals surface area contributed by atoms with Gasteiger partial charge in [-0.15, -0.1) is 0 Å². The third kappa shape index (κ3) is 3.54. The molecule has 1 rings (SSSR count). The zero-order valence-corrected chi connectivity index (χ0v) is 11.7. The average molecular weight is 268 g/mol.